The molecule has 0 aromatic carbocycles. The molecule has 0 saturated carbocycles. The highest BCUT2D eigenvalue weighted by atomic mass is 16.6. The molecule has 0 aromatic heterocycles. The van der Waals surface area contributed by atoms with Crippen LogP contribution in [0.3, 0.4) is 0 Å². The Kier molecular flexibility index (Phi) is 4.03. The van der Waals surface area contributed by atoms with Gasteiger partial charge in [-0.3, -0.25) is 0 Å². The molecule has 3 heteroatoms. The number of ether oxygens (including phenoxy) is 2. The van der Waals surface area contributed by atoms with Gasteiger partial charge in [0.15, 0.2) is 0 Å². The molecule has 0 saturated heterocycles. The van der Waals surface area contributed by atoms with Crippen molar-refractivity contribution < 1.29 is 14.3 Å². The summed E-state index contributed by atoms with van der Waals surface area (Å²) in [7, 11) is 0. The summed E-state index contributed by atoms with van der Waals surface area (Å²) in [5, 5.41) is 0. The maximum absolute atomic E-state index is 10.8. The molecule has 0 aliphatic heterocycles. The van der Waals surface area contributed by atoms with E-state index in [2.05, 4.69) is 17.9 Å². The van der Waals surface area contributed by atoms with Gasteiger partial charge >= 0.3 is 5.97 Å². The molecule has 62 valence electrons. The summed E-state index contributed by atoms with van der Waals surface area (Å²) < 4.78 is 9.40. The fraction of sp³-hybridized carbons (Fsp3) is 0.375. The van der Waals surface area contributed by atoms with Crippen molar-refractivity contribution in [3.8, 4) is 0 Å². The van der Waals surface area contributed by atoms with Gasteiger partial charge in [0.2, 0.25) is 5.76 Å². The largest absolute Gasteiger partial charge is 0.460 e. The predicted molar refractivity (Wildman–Crippen MR) is 41.7 cm³/mol. The molecule has 0 aromatic rings. The second-order valence-electron chi connectivity index (χ2n) is 1.95. The molecule has 0 N–H and O–H groups in total. The lowest BCUT2D eigenvalue weighted by Gasteiger charge is -2.05. The van der Waals surface area contributed by atoms with E-state index in [9.17, 15) is 4.79 Å². The average Bonchev–Trinajstić information content (AvgIpc) is 1.86. The average molecular weight is 156 g/mol. The van der Waals surface area contributed by atoms with Crippen molar-refractivity contribution in [3.05, 3.63) is 24.7 Å². The van der Waals surface area contributed by atoms with Gasteiger partial charge in [0.05, 0.1) is 12.4 Å². The fourth-order valence-electron chi connectivity index (χ4n) is 0.464. The Labute approximate surface area is 66.3 Å². The van der Waals surface area contributed by atoms with Crippen molar-refractivity contribution in [1.82, 2.24) is 0 Å². The van der Waals surface area contributed by atoms with Crippen molar-refractivity contribution in [2.75, 3.05) is 6.61 Å². The minimum absolute atomic E-state index is 0.0284. The molecule has 0 heterocycles. The van der Waals surface area contributed by atoms with Gasteiger partial charge in [0.1, 0.15) is 0 Å². The highest BCUT2D eigenvalue weighted by molar-refractivity contribution is 5.85. The number of rotatable bonds is 4. The summed E-state index contributed by atoms with van der Waals surface area (Å²) in [6.07, 6.45) is 0. The Morgan fingerprint density at radius 1 is 1.45 bits per heavy atom. The highest BCUT2D eigenvalue weighted by Crippen LogP contribution is 2.02. The predicted octanol–water partition coefficient (Wildman–Crippen LogP) is 1.61. The van der Waals surface area contributed by atoms with Gasteiger partial charge in [0.25, 0.3) is 0 Å². The number of hydrogen-bond donors (Lipinski definition) is 0. The van der Waals surface area contributed by atoms with E-state index < -0.39 is 5.97 Å². The lowest BCUT2D eigenvalue weighted by molar-refractivity contribution is -0.141. The van der Waals surface area contributed by atoms with Gasteiger partial charge in [-0.1, -0.05) is 6.58 Å². The molecular formula is C8H12O3. The van der Waals surface area contributed by atoms with Gasteiger partial charge in [-0.2, -0.15) is 0 Å². The standard InChI is InChI=1S/C8H12O3/c1-5-10-8(9)7(4)11-6(2)3/h2,4-5H2,1,3H3. The third kappa shape index (κ3) is 4.19. The molecule has 0 rings (SSSR count). The van der Waals surface area contributed by atoms with Gasteiger partial charge in [-0.15, -0.1) is 0 Å². The van der Waals surface area contributed by atoms with Crippen molar-refractivity contribution in [2.45, 2.75) is 13.8 Å². The van der Waals surface area contributed by atoms with Crippen molar-refractivity contribution >= 4 is 5.97 Å². The van der Waals surface area contributed by atoms with Crippen molar-refractivity contribution in [3.63, 3.8) is 0 Å². The maximum atomic E-state index is 10.8. The Morgan fingerprint density at radius 2 is 2.00 bits per heavy atom. The van der Waals surface area contributed by atoms with Crippen LogP contribution in [0.5, 0.6) is 0 Å². The summed E-state index contributed by atoms with van der Waals surface area (Å²) in [5.41, 5.74) is 0. The van der Waals surface area contributed by atoms with E-state index in [1.54, 1.807) is 13.8 Å². The van der Waals surface area contributed by atoms with Crippen LogP contribution in [0.15, 0.2) is 24.7 Å². The molecule has 0 fully saturated rings. The van der Waals surface area contributed by atoms with Crippen molar-refractivity contribution in [1.29, 1.82) is 0 Å². The lowest BCUT2D eigenvalue weighted by atomic mass is 10.5. The zero-order valence-corrected chi connectivity index (χ0v) is 6.85. The van der Waals surface area contributed by atoms with Gasteiger partial charge < -0.3 is 9.47 Å². The van der Waals surface area contributed by atoms with E-state index in [4.69, 9.17) is 4.74 Å². The molecule has 0 aliphatic rings. The normalized spacial score (nSPS) is 8.55. The van der Waals surface area contributed by atoms with E-state index in [1.165, 1.54) is 0 Å². The first-order valence-corrected chi connectivity index (χ1v) is 3.27. The van der Waals surface area contributed by atoms with Crippen LogP contribution in [0.25, 0.3) is 0 Å². The Morgan fingerprint density at radius 3 is 2.36 bits per heavy atom. The summed E-state index contributed by atoms with van der Waals surface area (Å²) in [5.74, 6) is -0.155. The SMILES string of the molecule is C=C(C)OC(=C)C(=O)OCC. The van der Waals surface area contributed by atoms with E-state index in [1.807, 2.05) is 0 Å². The molecule has 0 bridgehead atoms. The maximum Gasteiger partial charge on any atom is 0.373 e. The van der Waals surface area contributed by atoms with E-state index in [0.29, 0.717) is 12.4 Å². The molecule has 0 atom stereocenters. The number of allylic oxidation sites excluding steroid dienone is 1. The zero-order valence-electron chi connectivity index (χ0n) is 6.85. The van der Waals surface area contributed by atoms with Crippen molar-refractivity contribution in [2.24, 2.45) is 0 Å². The van der Waals surface area contributed by atoms with E-state index in [0.717, 1.165) is 0 Å². The van der Waals surface area contributed by atoms with E-state index >= 15 is 0 Å². The third-order valence-corrected chi connectivity index (χ3v) is 0.801. The summed E-state index contributed by atoms with van der Waals surface area (Å²) in [6.45, 7) is 10.5. The van der Waals surface area contributed by atoms with Crippen LogP contribution in [0, 0.1) is 0 Å². The first-order valence-electron chi connectivity index (χ1n) is 3.27. The number of carbonyl (C=O) groups excluding carboxylic acids is 1. The number of carbonyl (C=O) groups is 1. The zero-order chi connectivity index (χ0) is 8.85. The van der Waals surface area contributed by atoms with E-state index in [-0.39, 0.29) is 5.76 Å². The molecule has 3 nitrogen and oxygen atoms in total. The molecule has 0 aliphatic carbocycles. The number of esters is 1. The van der Waals surface area contributed by atoms with Gasteiger partial charge in [-0.05, 0) is 20.4 Å². The minimum Gasteiger partial charge on any atom is -0.460 e. The molecule has 11 heavy (non-hydrogen) atoms. The summed E-state index contributed by atoms with van der Waals surface area (Å²) in [6, 6.07) is 0. The van der Waals surface area contributed by atoms with Crippen LogP contribution in [-0.4, -0.2) is 12.6 Å². The van der Waals surface area contributed by atoms with Crippen LogP contribution >= 0.6 is 0 Å². The second-order valence-corrected chi connectivity index (χ2v) is 1.95. The first kappa shape index (κ1) is 9.75. The Hall–Kier alpha value is -1.25. The van der Waals surface area contributed by atoms with Crippen LogP contribution < -0.4 is 0 Å². The van der Waals surface area contributed by atoms with Gasteiger partial charge in [0, 0.05) is 0 Å². The smallest absolute Gasteiger partial charge is 0.373 e. The van der Waals surface area contributed by atoms with Gasteiger partial charge in [-0.25, -0.2) is 4.79 Å². The minimum atomic E-state index is -0.546. The molecule has 0 unspecified atom stereocenters. The lowest BCUT2D eigenvalue weighted by Crippen LogP contribution is -2.08. The summed E-state index contributed by atoms with van der Waals surface area (Å²) in [4.78, 5) is 10.8. The third-order valence-electron chi connectivity index (χ3n) is 0.801. The van der Waals surface area contributed by atoms with Crippen LogP contribution in [0.2, 0.25) is 0 Å². The topological polar surface area (TPSA) is 35.5 Å². The molecule has 0 radical (unpaired) electrons. The quantitative estimate of drug-likeness (QED) is 0.352. The van der Waals surface area contributed by atoms with Crippen LogP contribution in [0.4, 0.5) is 0 Å². The monoisotopic (exact) mass is 156 g/mol. The van der Waals surface area contributed by atoms with Crippen LogP contribution in [-0.2, 0) is 14.3 Å². The first-order chi connectivity index (χ1) is 5.07. The Bertz CT molecular complexity index is 182. The second kappa shape index (κ2) is 4.55. The molecular weight excluding hydrogens is 144 g/mol. The molecule has 0 amide bonds. The molecule has 0 spiro atoms. The fourth-order valence-corrected chi connectivity index (χ4v) is 0.464. The van der Waals surface area contributed by atoms with Crippen LogP contribution in [0.1, 0.15) is 13.8 Å². The number of hydrogen-bond acceptors (Lipinski definition) is 3. The highest BCUT2D eigenvalue weighted by Gasteiger charge is 2.08. The summed E-state index contributed by atoms with van der Waals surface area (Å²) >= 11 is 0. The Balaban J connectivity index is 3.83.